The van der Waals surface area contributed by atoms with E-state index in [9.17, 15) is 0 Å². The van der Waals surface area contributed by atoms with Crippen molar-refractivity contribution in [3.8, 4) is 0 Å². The minimum Gasteiger partial charge on any atom is -0.161 e. The third-order valence-electron chi connectivity index (χ3n) is 2.29. The van der Waals surface area contributed by atoms with Gasteiger partial charge in [-0.3, -0.25) is 0 Å². The normalized spacial score (nSPS) is 11.1. The van der Waals surface area contributed by atoms with Crippen LogP contribution in [0.15, 0.2) is 18.2 Å². The minimum absolute atomic E-state index is 1.09. The molecule has 1 rings (SSSR count). The lowest BCUT2D eigenvalue weighted by Crippen LogP contribution is -1.88. The van der Waals surface area contributed by atoms with E-state index in [0.29, 0.717) is 0 Å². The van der Waals surface area contributed by atoms with Crippen molar-refractivity contribution in [3.05, 3.63) is 40.5 Å². The second-order valence-electron chi connectivity index (χ2n) is 3.67. The molecule has 1 aromatic rings. The summed E-state index contributed by atoms with van der Waals surface area (Å²) in [4.78, 5) is 0. The first-order chi connectivity index (χ1) is 6.65. The van der Waals surface area contributed by atoms with Crippen LogP contribution >= 0.6 is 11.8 Å². The number of benzene rings is 1. The van der Waals surface area contributed by atoms with Crippen molar-refractivity contribution in [2.24, 2.45) is 0 Å². The summed E-state index contributed by atoms with van der Waals surface area (Å²) in [5.41, 5.74) is 5.48. The number of rotatable bonds is 3. The van der Waals surface area contributed by atoms with Crippen LogP contribution in [0.2, 0.25) is 0 Å². The highest BCUT2D eigenvalue weighted by molar-refractivity contribution is 7.98. The van der Waals surface area contributed by atoms with Crippen LogP contribution < -0.4 is 0 Å². The molecule has 0 unspecified atom stereocenters. The van der Waals surface area contributed by atoms with Gasteiger partial charge in [0.2, 0.25) is 0 Å². The molecule has 0 radical (unpaired) electrons. The summed E-state index contributed by atoms with van der Waals surface area (Å²) in [6.45, 7) is 6.51. The van der Waals surface area contributed by atoms with Crippen LogP contribution in [0.25, 0.3) is 6.08 Å². The summed E-state index contributed by atoms with van der Waals surface area (Å²) in [6, 6.07) is 4.48. The van der Waals surface area contributed by atoms with Gasteiger partial charge in [0.05, 0.1) is 0 Å². The highest BCUT2D eigenvalue weighted by atomic mass is 32.2. The van der Waals surface area contributed by atoms with Gasteiger partial charge in [0.25, 0.3) is 0 Å². The lowest BCUT2D eigenvalue weighted by molar-refractivity contribution is 1.30. The predicted molar refractivity (Wildman–Crippen MR) is 68.1 cm³/mol. The zero-order valence-electron chi connectivity index (χ0n) is 9.42. The van der Waals surface area contributed by atoms with E-state index in [1.165, 1.54) is 22.3 Å². The number of hydrogen-bond donors (Lipinski definition) is 0. The zero-order valence-corrected chi connectivity index (χ0v) is 10.2. The number of thioether (sulfide) groups is 1. The van der Waals surface area contributed by atoms with Crippen molar-refractivity contribution in [3.63, 3.8) is 0 Å². The molecular weight excluding hydrogens is 188 g/mol. The van der Waals surface area contributed by atoms with Crippen LogP contribution in [0.3, 0.4) is 0 Å². The Balaban J connectivity index is 2.96. The largest absolute Gasteiger partial charge is 0.161 e. The van der Waals surface area contributed by atoms with Crippen molar-refractivity contribution < 1.29 is 0 Å². The summed E-state index contributed by atoms with van der Waals surface area (Å²) in [5, 5.41) is 0. The summed E-state index contributed by atoms with van der Waals surface area (Å²) in [6.07, 6.45) is 6.59. The first-order valence-electron chi connectivity index (χ1n) is 4.88. The van der Waals surface area contributed by atoms with Crippen molar-refractivity contribution >= 4 is 17.8 Å². The second-order valence-corrected chi connectivity index (χ2v) is 4.58. The van der Waals surface area contributed by atoms with Crippen molar-refractivity contribution in [2.45, 2.75) is 20.8 Å². The van der Waals surface area contributed by atoms with Gasteiger partial charge in [-0.15, -0.1) is 0 Å². The van der Waals surface area contributed by atoms with Crippen molar-refractivity contribution in [1.29, 1.82) is 0 Å². The molecule has 0 aliphatic heterocycles. The monoisotopic (exact) mass is 206 g/mol. The fraction of sp³-hybridized carbons (Fsp3) is 0.385. The van der Waals surface area contributed by atoms with E-state index < -0.39 is 0 Å². The van der Waals surface area contributed by atoms with E-state index in [0.717, 1.165) is 5.75 Å². The van der Waals surface area contributed by atoms with Crippen LogP contribution in [-0.4, -0.2) is 12.0 Å². The third-order valence-corrected chi connectivity index (χ3v) is 2.81. The van der Waals surface area contributed by atoms with Crippen molar-refractivity contribution in [1.82, 2.24) is 0 Å². The van der Waals surface area contributed by atoms with Gasteiger partial charge < -0.3 is 0 Å². The van der Waals surface area contributed by atoms with E-state index in [1.54, 1.807) is 0 Å². The number of hydrogen-bond acceptors (Lipinski definition) is 1. The Morgan fingerprint density at radius 1 is 1.14 bits per heavy atom. The third kappa shape index (κ3) is 2.91. The molecule has 0 fully saturated rings. The molecule has 0 bridgehead atoms. The minimum atomic E-state index is 1.09. The smallest absolute Gasteiger partial charge is 0.0113 e. The maximum atomic E-state index is 2.24. The van der Waals surface area contributed by atoms with E-state index in [2.05, 4.69) is 51.3 Å². The maximum absolute atomic E-state index is 2.24. The van der Waals surface area contributed by atoms with Crippen LogP contribution in [-0.2, 0) is 0 Å². The average molecular weight is 206 g/mol. The second kappa shape index (κ2) is 5.26. The van der Waals surface area contributed by atoms with Gasteiger partial charge >= 0.3 is 0 Å². The Bertz CT molecular complexity index is 314. The summed E-state index contributed by atoms with van der Waals surface area (Å²) < 4.78 is 0. The molecule has 76 valence electrons. The molecule has 0 saturated heterocycles. The van der Waals surface area contributed by atoms with Gasteiger partial charge in [-0.1, -0.05) is 29.8 Å². The van der Waals surface area contributed by atoms with Gasteiger partial charge in [-0.25, -0.2) is 0 Å². The molecule has 1 aromatic carbocycles. The molecule has 0 amide bonds. The molecule has 0 aliphatic carbocycles. The Morgan fingerprint density at radius 2 is 1.71 bits per heavy atom. The SMILES string of the molecule is CSC/C=C/c1c(C)cc(C)cc1C. The Kier molecular flexibility index (Phi) is 4.27. The Morgan fingerprint density at radius 3 is 2.21 bits per heavy atom. The summed E-state index contributed by atoms with van der Waals surface area (Å²) in [5.74, 6) is 1.09. The van der Waals surface area contributed by atoms with Crippen LogP contribution in [0, 0.1) is 20.8 Å². The zero-order chi connectivity index (χ0) is 10.6. The van der Waals surface area contributed by atoms with E-state index in [-0.39, 0.29) is 0 Å². The molecular formula is C13H18S. The first kappa shape index (κ1) is 11.4. The molecule has 1 heteroatoms. The van der Waals surface area contributed by atoms with Gasteiger partial charge in [-0.05, 0) is 43.7 Å². The molecule has 0 N–H and O–H groups in total. The average Bonchev–Trinajstić information content (AvgIpc) is 2.09. The molecule has 0 heterocycles. The quantitative estimate of drug-likeness (QED) is 0.720. The molecule has 0 aliphatic rings. The predicted octanol–water partition coefficient (Wildman–Crippen LogP) is 3.99. The standard InChI is InChI=1S/C13H18S/c1-10-8-11(2)13(12(3)9-10)6-5-7-14-4/h5-6,8-9H,7H2,1-4H3/b6-5+. The summed E-state index contributed by atoms with van der Waals surface area (Å²) >= 11 is 1.85. The van der Waals surface area contributed by atoms with Gasteiger partial charge in [0.1, 0.15) is 0 Å². The Hall–Kier alpha value is -0.690. The lowest BCUT2D eigenvalue weighted by Gasteiger charge is -2.06. The molecule has 0 aromatic heterocycles. The van der Waals surface area contributed by atoms with E-state index in [4.69, 9.17) is 0 Å². The van der Waals surface area contributed by atoms with Crippen LogP contribution in [0.1, 0.15) is 22.3 Å². The Labute approximate surface area is 91.4 Å². The fourth-order valence-electron chi connectivity index (χ4n) is 1.72. The lowest BCUT2D eigenvalue weighted by atomic mass is 10.00. The molecule has 0 saturated carbocycles. The molecule has 0 atom stereocenters. The molecule has 14 heavy (non-hydrogen) atoms. The van der Waals surface area contributed by atoms with Crippen molar-refractivity contribution in [2.75, 3.05) is 12.0 Å². The van der Waals surface area contributed by atoms with Crippen LogP contribution in [0.4, 0.5) is 0 Å². The maximum Gasteiger partial charge on any atom is 0.0113 e. The van der Waals surface area contributed by atoms with E-state index in [1.807, 2.05) is 11.8 Å². The van der Waals surface area contributed by atoms with Gasteiger partial charge in [-0.2, -0.15) is 11.8 Å². The number of aryl methyl sites for hydroxylation is 3. The van der Waals surface area contributed by atoms with E-state index >= 15 is 0 Å². The van der Waals surface area contributed by atoms with Gasteiger partial charge in [0, 0.05) is 5.75 Å². The van der Waals surface area contributed by atoms with Gasteiger partial charge in [0.15, 0.2) is 0 Å². The van der Waals surface area contributed by atoms with Crippen LogP contribution in [0.5, 0.6) is 0 Å². The highest BCUT2D eigenvalue weighted by Crippen LogP contribution is 2.17. The topological polar surface area (TPSA) is 0 Å². The first-order valence-corrected chi connectivity index (χ1v) is 6.28. The fourth-order valence-corrected chi connectivity index (χ4v) is 2.00. The molecule has 0 nitrogen and oxygen atoms in total. The highest BCUT2D eigenvalue weighted by Gasteiger charge is 1.99. The summed E-state index contributed by atoms with van der Waals surface area (Å²) in [7, 11) is 0. The molecule has 0 spiro atoms.